The van der Waals surface area contributed by atoms with Crippen molar-refractivity contribution in [2.45, 2.75) is 44.4 Å². The van der Waals surface area contributed by atoms with Gasteiger partial charge in [-0.05, 0) is 57.2 Å². The van der Waals surface area contributed by atoms with Gasteiger partial charge < -0.3 is 10.3 Å². The van der Waals surface area contributed by atoms with Gasteiger partial charge in [0.2, 0.25) is 0 Å². The van der Waals surface area contributed by atoms with Crippen molar-refractivity contribution in [3.05, 3.63) is 27.4 Å². The normalized spacial score (nSPS) is 21.2. The van der Waals surface area contributed by atoms with E-state index in [4.69, 9.17) is 0 Å². The highest BCUT2D eigenvalue weighted by Crippen LogP contribution is 2.30. The summed E-state index contributed by atoms with van der Waals surface area (Å²) in [6.45, 7) is 2.10. The number of piperidine rings is 1. The van der Waals surface area contributed by atoms with Gasteiger partial charge in [0.1, 0.15) is 0 Å². The second kappa shape index (κ2) is 4.61. The van der Waals surface area contributed by atoms with E-state index in [0.717, 1.165) is 50.2 Å². The summed E-state index contributed by atoms with van der Waals surface area (Å²) in [6, 6.07) is 0. The number of aromatic amines is 1. The summed E-state index contributed by atoms with van der Waals surface area (Å²) in [7, 11) is 0. The smallest absolute Gasteiger partial charge is 0.317 e. The maximum absolute atomic E-state index is 11.6. The van der Waals surface area contributed by atoms with E-state index in [2.05, 4.69) is 15.3 Å². The molecule has 0 unspecified atom stereocenters. The number of fused-ring (bicyclic) bond motifs is 1. The predicted molar refractivity (Wildman–Crippen MR) is 66.3 cm³/mol. The molecule has 4 heteroatoms. The van der Waals surface area contributed by atoms with E-state index in [-0.39, 0.29) is 5.69 Å². The van der Waals surface area contributed by atoms with Gasteiger partial charge in [0.25, 0.3) is 0 Å². The van der Waals surface area contributed by atoms with Crippen LogP contribution in [0.1, 0.15) is 48.6 Å². The molecule has 0 bridgehead atoms. The average molecular weight is 233 g/mol. The van der Waals surface area contributed by atoms with E-state index >= 15 is 0 Å². The van der Waals surface area contributed by atoms with Gasteiger partial charge >= 0.3 is 5.69 Å². The lowest BCUT2D eigenvalue weighted by molar-refractivity contribution is 0.446. The summed E-state index contributed by atoms with van der Waals surface area (Å²) in [5, 5.41) is 3.37. The molecule has 4 nitrogen and oxygen atoms in total. The van der Waals surface area contributed by atoms with E-state index in [1.54, 1.807) is 0 Å². The molecule has 0 saturated carbocycles. The second-order valence-corrected chi connectivity index (χ2v) is 5.12. The fraction of sp³-hybridized carbons (Fsp3) is 0.692. The number of aromatic nitrogens is 2. The number of hydrogen-bond acceptors (Lipinski definition) is 3. The monoisotopic (exact) mass is 233 g/mol. The van der Waals surface area contributed by atoms with Crippen molar-refractivity contribution in [1.29, 1.82) is 0 Å². The van der Waals surface area contributed by atoms with Gasteiger partial charge in [-0.2, -0.15) is 4.98 Å². The summed E-state index contributed by atoms with van der Waals surface area (Å²) < 4.78 is 0. The van der Waals surface area contributed by atoms with Crippen LogP contribution in [0, 0.1) is 0 Å². The molecule has 1 aromatic rings. The van der Waals surface area contributed by atoms with Crippen LogP contribution < -0.4 is 11.0 Å². The van der Waals surface area contributed by atoms with Crippen LogP contribution in [-0.2, 0) is 12.8 Å². The minimum absolute atomic E-state index is 0.154. The fourth-order valence-corrected chi connectivity index (χ4v) is 3.09. The quantitative estimate of drug-likeness (QED) is 0.764. The first kappa shape index (κ1) is 11.0. The van der Waals surface area contributed by atoms with E-state index in [1.165, 1.54) is 18.4 Å². The standard InChI is InChI=1S/C13H19N3O/c17-13-15-11-4-2-1-3-10(11)12(16-13)9-5-7-14-8-6-9/h9,14H,1-8H2,(H,15,16,17). The minimum atomic E-state index is -0.154. The molecule has 0 spiro atoms. The zero-order valence-electron chi connectivity index (χ0n) is 10.1. The molecular weight excluding hydrogens is 214 g/mol. The van der Waals surface area contributed by atoms with Crippen LogP contribution >= 0.6 is 0 Å². The zero-order chi connectivity index (χ0) is 11.7. The molecule has 2 aliphatic rings. The maximum Gasteiger partial charge on any atom is 0.345 e. The van der Waals surface area contributed by atoms with Crippen molar-refractivity contribution in [2.24, 2.45) is 0 Å². The van der Waals surface area contributed by atoms with Gasteiger partial charge in [-0.3, -0.25) is 0 Å². The number of H-pyrrole nitrogens is 1. The third-order valence-electron chi connectivity index (χ3n) is 3.98. The first-order valence-electron chi connectivity index (χ1n) is 6.67. The average Bonchev–Trinajstić information content (AvgIpc) is 2.39. The SMILES string of the molecule is O=c1nc(C2CCNCC2)c2c([nH]1)CCCC2. The Morgan fingerprint density at radius 3 is 2.71 bits per heavy atom. The van der Waals surface area contributed by atoms with Crippen molar-refractivity contribution >= 4 is 0 Å². The molecule has 2 heterocycles. The van der Waals surface area contributed by atoms with E-state index in [0.29, 0.717) is 5.92 Å². The van der Waals surface area contributed by atoms with Crippen LogP contribution in [0.15, 0.2) is 4.79 Å². The summed E-state index contributed by atoms with van der Waals surface area (Å²) in [4.78, 5) is 18.8. The molecule has 1 fully saturated rings. The van der Waals surface area contributed by atoms with Crippen molar-refractivity contribution in [3.63, 3.8) is 0 Å². The molecule has 2 N–H and O–H groups in total. The summed E-state index contributed by atoms with van der Waals surface area (Å²) in [5.74, 6) is 0.491. The molecule has 17 heavy (non-hydrogen) atoms. The lowest BCUT2D eigenvalue weighted by Gasteiger charge is -2.26. The van der Waals surface area contributed by atoms with Gasteiger partial charge in [-0.25, -0.2) is 4.79 Å². The molecule has 92 valence electrons. The lowest BCUT2D eigenvalue weighted by atomic mass is 9.86. The minimum Gasteiger partial charge on any atom is -0.317 e. The highest BCUT2D eigenvalue weighted by atomic mass is 16.1. The van der Waals surface area contributed by atoms with Crippen molar-refractivity contribution in [3.8, 4) is 0 Å². The molecule has 1 aliphatic carbocycles. The molecule has 0 atom stereocenters. The first-order chi connectivity index (χ1) is 8.34. The predicted octanol–water partition coefficient (Wildman–Crippen LogP) is 1.12. The molecule has 1 aromatic heterocycles. The highest BCUT2D eigenvalue weighted by molar-refractivity contribution is 5.30. The number of rotatable bonds is 1. The van der Waals surface area contributed by atoms with Gasteiger partial charge in [0, 0.05) is 11.6 Å². The summed E-state index contributed by atoms with van der Waals surface area (Å²) in [6.07, 6.45) is 6.77. The molecule has 1 aliphatic heterocycles. The Kier molecular flexibility index (Phi) is 2.97. The van der Waals surface area contributed by atoms with Gasteiger partial charge in [0.15, 0.2) is 0 Å². The number of nitrogens with zero attached hydrogens (tertiary/aromatic N) is 1. The first-order valence-corrected chi connectivity index (χ1v) is 6.67. The van der Waals surface area contributed by atoms with Crippen LogP contribution in [0.2, 0.25) is 0 Å². The van der Waals surface area contributed by atoms with Gasteiger partial charge in [0.05, 0.1) is 5.69 Å². The Bertz CT molecular complexity index is 460. The van der Waals surface area contributed by atoms with Crippen molar-refractivity contribution in [1.82, 2.24) is 15.3 Å². The number of nitrogens with one attached hydrogen (secondary N) is 2. The van der Waals surface area contributed by atoms with Crippen LogP contribution in [0.5, 0.6) is 0 Å². The van der Waals surface area contributed by atoms with Crippen LogP contribution in [0.4, 0.5) is 0 Å². The highest BCUT2D eigenvalue weighted by Gasteiger charge is 2.23. The molecule has 0 aromatic carbocycles. The Morgan fingerprint density at radius 2 is 1.88 bits per heavy atom. The second-order valence-electron chi connectivity index (χ2n) is 5.12. The number of aryl methyl sites for hydroxylation is 1. The van der Waals surface area contributed by atoms with Crippen molar-refractivity contribution < 1.29 is 0 Å². The third kappa shape index (κ3) is 2.14. The van der Waals surface area contributed by atoms with E-state index in [9.17, 15) is 4.79 Å². The summed E-state index contributed by atoms with van der Waals surface area (Å²) >= 11 is 0. The van der Waals surface area contributed by atoms with E-state index in [1.807, 2.05) is 0 Å². The van der Waals surface area contributed by atoms with Gasteiger partial charge in [-0.1, -0.05) is 0 Å². The Hall–Kier alpha value is -1.16. The molecular formula is C13H19N3O. The van der Waals surface area contributed by atoms with Crippen LogP contribution in [0.3, 0.4) is 0 Å². The molecule has 0 radical (unpaired) electrons. The van der Waals surface area contributed by atoms with E-state index < -0.39 is 0 Å². The summed E-state index contributed by atoms with van der Waals surface area (Å²) in [5.41, 5.74) is 3.46. The zero-order valence-corrected chi connectivity index (χ0v) is 10.1. The third-order valence-corrected chi connectivity index (χ3v) is 3.98. The Morgan fingerprint density at radius 1 is 1.12 bits per heavy atom. The largest absolute Gasteiger partial charge is 0.345 e. The molecule has 1 saturated heterocycles. The fourth-order valence-electron chi connectivity index (χ4n) is 3.09. The van der Waals surface area contributed by atoms with Gasteiger partial charge in [-0.15, -0.1) is 0 Å². The lowest BCUT2D eigenvalue weighted by Crippen LogP contribution is -2.30. The maximum atomic E-state index is 11.6. The van der Waals surface area contributed by atoms with Crippen LogP contribution in [0.25, 0.3) is 0 Å². The van der Waals surface area contributed by atoms with Crippen LogP contribution in [-0.4, -0.2) is 23.1 Å². The molecule has 0 amide bonds. The topological polar surface area (TPSA) is 57.8 Å². The molecule has 3 rings (SSSR count). The Balaban J connectivity index is 2.01. The van der Waals surface area contributed by atoms with Crippen molar-refractivity contribution in [2.75, 3.05) is 13.1 Å². The Labute approximate surface area is 101 Å². The number of hydrogen-bond donors (Lipinski definition) is 2.